The minimum Gasteiger partial charge on any atom is -0.452 e. The molecule has 2 aromatic carbocycles. The molecule has 1 aliphatic heterocycles. The van der Waals surface area contributed by atoms with Gasteiger partial charge in [0.05, 0.1) is 5.56 Å². The molecule has 0 atom stereocenters. The molecule has 4 heteroatoms. The highest BCUT2D eigenvalue weighted by Gasteiger charge is 2.30. The minimum atomic E-state index is -0.325. The van der Waals surface area contributed by atoms with E-state index in [1.807, 2.05) is 31.2 Å². The Labute approximate surface area is 140 Å². The largest absolute Gasteiger partial charge is 0.452 e. The second-order valence-corrected chi connectivity index (χ2v) is 5.79. The molecule has 0 saturated carbocycles. The number of hydrogen-bond acceptors (Lipinski definition) is 4. The summed E-state index contributed by atoms with van der Waals surface area (Å²) < 4.78 is 10.9. The first-order valence-electron chi connectivity index (χ1n) is 7.84. The van der Waals surface area contributed by atoms with Crippen LogP contribution in [0.3, 0.4) is 0 Å². The van der Waals surface area contributed by atoms with E-state index in [1.165, 1.54) is 0 Å². The lowest BCUT2D eigenvalue weighted by Crippen LogP contribution is -2.06. The Kier molecular flexibility index (Phi) is 4.21. The van der Waals surface area contributed by atoms with Crippen molar-refractivity contribution in [1.29, 1.82) is 0 Å². The number of ether oxygens (including phenoxy) is 2. The lowest BCUT2D eigenvalue weighted by Gasteiger charge is -2.06. The molecule has 1 aliphatic rings. The van der Waals surface area contributed by atoms with Crippen molar-refractivity contribution in [2.75, 3.05) is 0 Å². The summed E-state index contributed by atoms with van der Waals surface area (Å²) >= 11 is 0. The van der Waals surface area contributed by atoms with E-state index in [0.29, 0.717) is 17.1 Å². The van der Waals surface area contributed by atoms with Crippen LogP contribution in [0.5, 0.6) is 11.5 Å². The van der Waals surface area contributed by atoms with Gasteiger partial charge in [0.25, 0.3) is 0 Å². The lowest BCUT2D eigenvalue weighted by atomic mass is 10.0. The van der Waals surface area contributed by atoms with Crippen LogP contribution >= 0.6 is 0 Å². The number of ketones is 1. The molecule has 0 bridgehead atoms. The highest BCUT2D eigenvalue weighted by Crippen LogP contribution is 2.37. The van der Waals surface area contributed by atoms with E-state index in [1.54, 1.807) is 32.1 Å². The Hall–Kier alpha value is -2.88. The Morgan fingerprint density at radius 2 is 1.88 bits per heavy atom. The van der Waals surface area contributed by atoms with Gasteiger partial charge in [0, 0.05) is 12.5 Å². The molecule has 0 aromatic heterocycles. The average Bonchev–Trinajstić information content (AvgIpc) is 2.85. The summed E-state index contributed by atoms with van der Waals surface area (Å²) in [7, 11) is 0. The normalized spacial score (nSPS) is 14.5. The highest BCUT2D eigenvalue weighted by atomic mass is 16.5. The second-order valence-electron chi connectivity index (χ2n) is 5.79. The molecule has 2 aromatic rings. The van der Waals surface area contributed by atoms with Crippen LogP contribution in [0.15, 0.2) is 42.2 Å². The van der Waals surface area contributed by atoms with Gasteiger partial charge in [0.1, 0.15) is 11.5 Å². The highest BCUT2D eigenvalue weighted by molar-refractivity contribution is 6.15. The molecule has 4 nitrogen and oxygen atoms in total. The molecular formula is C20H18O4. The van der Waals surface area contributed by atoms with Crippen molar-refractivity contribution in [3.8, 4) is 11.5 Å². The summed E-state index contributed by atoms with van der Waals surface area (Å²) in [5.41, 5.74) is 3.29. The van der Waals surface area contributed by atoms with Crippen molar-refractivity contribution in [3.05, 3.63) is 64.4 Å². The Morgan fingerprint density at radius 1 is 1.17 bits per heavy atom. The van der Waals surface area contributed by atoms with Crippen LogP contribution in [0.4, 0.5) is 0 Å². The van der Waals surface area contributed by atoms with Crippen LogP contribution in [0.25, 0.3) is 6.08 Å². The molecule has 0 spiro atoms. The Balaban J connectivity index is 1.93. The summed E-state index contributed by atoms with van der Waals surface area (Å²) in [6.45, 7) is 5.54. The van der Waals surface area contributed by atoms with E-state index in [9.17, 15) is 9.59 Å². The van der Waals surface area contributed by atoms with Gasteiger partial charge >= 0.3 is 5.97 Å². The SMILES string of the molecule is CCC(=O)Oc1cc(C)c2c(c1)O/C(=C\c1ccc(C)cc1)C2=O. The van der Waals surface area contributed by atoms with Crippen molar-refractivity contribution >= 4 is 17.8 Å². The number of benzene rings is 2. The predicted molar refractivity (Wildman–Crippen MR) is 91.2 cm³/mol. The van der Waals surface area contributed by atoms with Crippen molar-refractivity contribution in [3.63, 3.8) is 0 Å². The van der Waals surface area contributed by atoms with Gasteiger partial charge in [-0.1, -0.05) is 36.8 Å². The third kappa shape index (κ3) is 3.08. The Bertz CT molecular complexity index is 845. The molecule has 3 rings (SSSR count). The number of esters is 1. The number of rotatable bonds is 3. The summed E-state index contributed by atoms with van der Waals surface area (Å²) in [5, 5.41) is 0. The predicted octanol–water partition coefficient (Wildman–Crippen LogP) is 4.24. The monoisotopic (exact) mass is 322 g/mol. The minimum absolute atomic E-state index is 0.156. The molecule has 0 amide bonds. The third-order valence-corrected chi connectivity index (χ3v) is 3.84. The number of aryl methyl sites for hydroxylation is 2. The third-order valence-electron chi connectivity index (χ3n) is 3.84. The van der Waals surface area contributed by atoms with E-state index in [0.717, 1.165) is 16.7 Å². The zero-order chi connectivity index (χ0) is 17.3. The maximum absolute atomic E-state index is 12.6. The van der Waals surface area contributed by atoms with Crippen molar-refractivity contribution in [2.24, 2.45) is 0 Å². The fraction of sp³-hybridized carbons (Fsp3) is 0.200. The smallest absolute Gasteiger partial charge is 0.310 e. The van der Waals surface area contributed by atoms with Gasteiger partial charge in [-0.2, -0.15) is 0 Å². The van der Waals surface area contributed by atoms with Crippen LogP contribution in [-0.4, -0.2) is 11.8 Å². The molecule has 0 fully saturated rings. The van der Waals surface area contributed by atoms with Crippen LogP contribution < -0.4 is 9.47 Å². The molecule has 24 heavy (non-hydrogen) atoms. The van der Waals surface area contributed by atoms with Gasteiger partial charge in [0.2, 0.25) is 5.78 Å². The summed E-state index contributed by atoms with van der Waals surface area (Å²) in [6.07, 6.45) is 2.01. The zero-order valence-corrected chi connectivity index (χ0v) is 13.9. The van der Waals surface area contributed by atoms with Gasteiger partial charge in [-0.15, -0.1) is 0 Å². The summed E-state index contributed by atoms with van der Waals surface area (Å²) in [5.74, 6) is 0.612. The standard InChI is InChI=1S/C20H18O4/c1-4-18(21)23-15-9-13(3)19-16(11-15)24-17(20(19)22)10-14-7-5-12(2)6-8-14/h5-11H,4H2,1-3H3/b17-10-. The quantitative estimate of drug-likeness (QED) is 0.482. The van der Waals surface area contributed by atoms with E-state index >= 15 is 0 Å². The molecule has 122 valence electrons. The number of fused-ring (bicyclic) bond motifs is 1. The molecule has 1 heterocycles. The van der Waals surface area contributed by atoms with Gasteiger partial charge in [0.15, 0.2) is 5.76 Å². The summed E-state index contributed by atoms with van der Waals surface area (Å²) in [6, 6.07) is 11.1. The molecule has 0 N–H and O–H groups in total. The fourth-order valence-electron chi connectivity index (χ4n) is 2.55. The first kappa shape index (κ1) is 16.0. The van der Waals surface area contributed by atoms with Gasteiger partial charge in [-0.25, -0.2) is 0 Å². The van der Waals surface area contributed by atoms with Crippen molar-refractivity contribution in [1.82, 2.24) is 0 Å². The number of carbonyl (C=O) groups excluding carboxylic acids is 2. The number of allylic oxidation sites excluding steroid dienone is 1. The van der Waals surface area contributed by atoms with Gasteiger partial charge < -0.3 is 9.47 Å². The molecule has 0 radical (unpaired) electrons. The maximum Gasteiger partial charge on any atom is 0.310 e. The average molecular weight is 322 g/mol. The van der Waals surface area contributed by atoms with Gasteiger partial charge in [-0.05, 0) is 37.1 Å². The van der Waals surface area contributed by atoms with Gasteiger partial charge in [-0.3, -0.25) is 9.59 Å². The van der Waals surface area contributed by atoms with Crippen LogP contribution in [0.2, 0.25) is 0 Å². The zero-order valence-electron chi connectivity index (χ0n) is 13.9. The van der Waals surface area contributed by atoms with Crippen LogP contribution in [0, 0.1) is 13.8 Å². The van der Waals surface area contributed by atoms with E-state index in [-0.39, 0.29) is 23.9 Å². The first-order valence-corrected chi connectivity index (χ1v) is 7.84. The lowest BCUT2D eigenvalue weighted by molar-refractivity contribution is -0.134. The molecule has 0 aliphatic carbocycles. The van der Waals surface area contributed by atoms with Crippen molar-refractivity contribution < 1.29 is 19.1 Å². The molecule has 0 unspecified atom stereocenters. The topological polar surface area (TPSA) is 52.6 Å². The molecule has 0 saturated heterocycles. The molecular weight excluding hydrogens is 304 g/mol. The van der Waals surface area contributed by atoms with E-state index < -0.39 is 0 Å². The van der Waals surface area contributed by atoms with Crippen LogP contribution in [-0.2, 0) is 4.79 Å². The maximum atomic E-state index is 12.6. The second kappa shape index (κ2) is 6.32. The number of hydrogen-bond donors (Lipinski definition) is 0. The summed E-state index contributed by atoms with van der Waals surface area (Å²) in [4.78, 5) is 24.0. The van der Waals surface area contributed by atoms with E-state index in [4.69, 9.17) is 9.47 Å². The number of Topliss-reactive ketones (excluding diaryl/α,β-unsaturated/α-hetero) is 1. The first-order chi connectivity index (χ1) is 11.5. The van der Waals surface area contributed by atoms with Crippen LogP contribution in [0.1, 0.15) is 40.4 Å². The fourth-order valence-corrected chi connectivity index (χ4v) is 2.55. The van der Waals surface area contributed by atoms with E-state index in [2.05, 4.69) is 0 Å². The van der Waals surface area contributed by atoms with Crippen molar-refractivity contribution in [2.45, 2.75) is 27.2 Å². The Morgan fingerprint density at radius 3 is 2.54 bits per heavy atom. The number of carbonyl (C=O) groups is 2.